The van der Waals surface area contributed by atoms with Crippen LogP contribution in [0.1, 0.15) is 10.4 Å². The first-order valence-corrected chi connectivity index (χ1v) is 6.59. The van der Waals surface area contributed by atoms with Crippen LogP contribution < -0.4 is 5.32 Å². The van der Waals surface area contributed by atoms with E-state index in [4.69, 9.17) is 16.7 Å². The number of aromatic carboxylic acids is 1. The second-order valence-corrected chi connectivity index (χ2v) is 5.56. The van der Waals surface area contributed by atoms with Crippen molar-refractivity contribution in [3.63, 3.8) is 0 Å². The molecule has 2 aromatic carbocycles. The third-order valence-corrected chi connectivity index (χ3v) is 4.13. The second-order valence-electron chi connectivity index (χ2n) is 4.04. The Morgan fingerprint density at radius 3 is 2.63 bits per heavy atom. The number of carboxylic acid groups (broad SMARTS) is 1. The maximum Gasteiger partial charge on any atom is 0.339 e. The van der Waals surface area contributed by atoms with Gasteiger partial charge in [-0.2, -0.15) is 0 Å². The molecule has 1 aliphatic heterocycles. The van der Waals surface area contributed by atoms with Crippen molar-refractivity contribution in [3.8, 4) is 5.75 Å². The zero-order valence-electron chi connectivity index (χ0n) is 9.48. The van der Waals surface area contributed by atoms with Gasteiger partial charge in [0, 0.05) is 14.8 Å². The van der Waals surface area contributed by atoms with Crippen molar-refractivity contribution in [2.24, 2.45) is 0 Å². The fraction of sp³-hybridized carbons (Fsp3) is 0. The molecule has 3 N–H and O–H groups in total. The lowest BCUT2D eigenvalue weighted by Gasteiger charge is -2.21. The Balaban J connectivity index is 2.10. The third kappa shape index (κ3) is 2.11. The van der Waals surface area contributed by atoms with E-state index in [0.29, 0.717) is 10.7 Å². The first kappa shape index (κ1) is 12.2. The summed E-state index contributed by atoms with van der Waals surface area (Å²) in [5.74, 6) is -1.40. The number of carbonyl (C=O) groups is 1. The van der Waals surface area contributed by atoms with E-state index in [-0.39, 0.29) is 11.3 Å². The van der Waals surface area contributed by atoms with Crippen LogP contribution in [0, 0.1) is 0 Å². The Hall–Kier alpha value is -1.85. The van der Waals surface area contributed by atoms with Gasteiger partial charge in [0.25, 0.3) is 0 Å². The molecule has 0 radical (unpaired) electrons. The number of anilines is 2. The number of hydrogen-bond donors (Lipinski definition) is 3. The molecule has 0 unspecified atom stereocenters. The molecule has 0 saturated carbocycles. The summed E-state index contributed by atoms with van der Waals surface area (Å²) in [4.78, 5) is 12.7. The monoisotopic (exact) mass is 293 g/mol. The van der Waals surface area contributed by atoms with Crippen LogP contribution in [0.15, 0.2) is 40.1 Å². The van der Waals surface area contributed by atoms with Gasteiger partial charge in [0.15, 0.2) is 0 Å². The summed E-state index contributed by atoms with van der Waals surface area (Å²) in [5, 5.41) is 22.4. The van der Waals surface area contributed by atoms with Gasteiger partial charge in [-0.1, -0.05) is 23.4 Å². The van der Waals surface area contributed by atoms with Crippen LogP contribution in [0.5, 0.6) is 5.75 Å². The number of hydrogen-bond acceptors (Lipinski definition) is 4. The summed E-state index contributed by atoms with van der Waals surface area (Å²) >= 11 is 7.38. The van der Waals surface area contributed by atoms with Crippen LogP contribution in [-0.2, 0) is 0 Å². The Bertz CT molecular complexity index is 703. The molecule has 19 heavy (non-hydrogen) atoms. The first-order chi connectivity index (χ1) is 9.04. The molecule has 6 heteroatoms. The average molecular weight is 294 g/mol. The molecule has 0 aromatic heterocycles. The smallest absolute Gasteiger partial charge is 0.339 e. The fourth-order valence-corrected chi connectivity index (χ4v) is 3.03. The number of fused-ring (bicyclic) bond motifs is 2. The van der Waals surface area contributed by atoms with E-state index < -0.39 is 5.97 Å². The average Bonchev–Trinajstić information content (AvgIpc) is 2.35. The maximum atomic E-state index is 11.0. The van der Waals surface area contributed by atoms with E-state index in [2.05, 4.69) is 5.32 Å². The molecular formula is C13H8ClNO3S. The van der Waals surface area contributed by atoms with Gasteiger partial charge in [0.05, 0.1) is 11.4 Å². The molecule has 0 spiro atoms. The summed E-state index contributed by atoms with van der Waals surface area (Å²) in [7, 11) is 0. The highest BCUT2D eigenvalue weighted by Crippen LogP contribution is 2.46. The minimum absolute atomic E-state index is 0.127. The highest BCUT2D eigenvalue weighted by molar-refractivity contribution is 7.99. The van der Waals surface area contributed by atoms with Gasteiger partial charge in [-0.05, 0) is 30.3 Å². The van der Waals surface area contributed by atoms with Gasteiger partial charge < -0.3 is 15.5 Å². The van der Waals surface area contributed by atoms with Crippen molar-refractivity contribution in [2.45, 2.75) is 9.79 Å². The molecule has 0 saturated heterocycles. The second kappa shape index (κ2) is 4.36. The number of phenols is 1. The van der Waals surface area contributed by atoms with Crippen molar-refractivity contribution in [1.29, 1.82) is 0 Å². The number of aromatic hydroxyl groups is 1. The van der Waals surface area contributed by atoms with Crippen LogP contribution in [0.25, 0.3) is 0 Å². The lowest BCUT2D eigenvalue weighted by molar-refractivity contribution is 0.0693. The Kier molecular flexibility index (Phi) is 2.80. The summed E-state index contributed by atoms with van der Waals surface area (Å²) in [6.07, 6.45) is 0. The fourth-order valence-electron chi connectivity index (χ4n) is 1.87. The van der Waals surface area contributed by atoms with E-state index in [9.17, 15) is 9.90 Å². The van der Waals surface area contributed by atoms with E-state index in [0.717, 1.165) is 15.5 Å². The van der Waals surface area contributed by atoms with Gasteiger partial charge >= 0.3 is 5.97 Å². The standard InChI is InChI=1S/C13H8ClNO3S/c14-6-1-2-11-8(3-6)15-9-4-7(13(17)18)10(16)5-12(9)19-11/h1-5,15-16H,(H,17,18). The zero-order chi connectivity index (χ0) is 13.6. The normalized spacial score (nSPS) is 12.3. The highest BCUT2D eigenvalue weighted by atomic mass is 35.5. The number of halogens is 1. The lowest BCUT2D eigenvalue weighted by atomic mass is 10.1. The molecule has 1 aliphatic rings. The molecule has 4 nitrogen and oxygen atoms in total. The Morgan fingerprint density at radius 2 is 1.89 bits per heavy atom. The quantitative estimate of drug-likeness (QED) is 0.593. The van der Waals surface area contributed by atoms with E-state index in [1.807, 2.05) is 6.07 Å². The molecule has 0 atom stereocenters. The van der Waals surface area contributed by atoms with Crippen LogP contribution >= 0.6 is 23.4 Å². The van der Waals surface area contributed by atoms with Crippen LogP contribution in [0.4, 0.5) is 11.4 Å². The van der Waals surface area contributed by atoms with E-state index >= 15 is 0 Å². The van der Waals surface area contributed by atoms with Crippen molar-refractivity contribution in [3.05, 3.63) is 40.9 Å². The Morgan fingerprint density at radius 1 is 1.16 bits per heavy atom. The van der Waals surface area contributed by atoms with Gasteiger partial charge in [0.1, 0.15) is 11.3 Å². The molecule has 0 aliphatic carbocycles. The molecule has 0 bridgehead atoms. The van der Waals surface area contributed by atoms with Crippen molar-refractivity contribution in [2.75, 3.05) is 5.32 Å². The predicted molar refractivity (Wildman–Crippen MR) is 73.9 cm³/mol. The minimum atomic E-state index is -1.16. The van der Waals surface area contributed by atoms with Crippen LogP contribution in [0.2, 0.25) is 5.02 Å². The number of nitrogens with one attached hydrogen (secondary N) is 1. The molecule has 0 amide bonds. The topological polar surface area (TPSA) is 69.6 Å². The predicted octanol–water partition coefficient (Wildman–Crippen LogP) is 3.95. The molecule has 96 valence electrons. The first-order valence-electron chi connectivity index (χ1n) is 5.39. The highest BCUT2D eigenvalue weighted by Gasteiger charge is 2.20. The summed E-state index contributed by atoms with van der Waals surface area (Å²) in [6, 6.07) is 8.31. The molecule has 0 fully saturated rings. The molecule has 1 heterocycles. The SMILES string of the molecule is O=C(O)c1cc2c(cc1O)Sc1ccc(Cl)cc1N2. The summed E-state index contributed by atoms with van der Waals surface area (Å²) in [6.45, 7) is 0. The minimum Gasteiger partial charge on any atom is -0.507 e. The van der Waals surface area contributed by atoms with Crippen LogP contribution in [0.3, 0.4) is 0 Å². The number of rotatable bonds is 1. The van der Waals surface area contributed by atoms with Gasteiger partial charge in [-0.25, -0.2) is 4.79 Å². The van der Waals surface area contributed by atoms with E-state index in [1.165, 1.54) is 23.9 Å². The third-order valence-electron chi connectivity index (χ3n) is 2.76. The van der Waals surface area contributed by atoms with Crippen molar-refractivity contribution >= 4 is 40.7 Å². The van der Waals surface area contributed by atoms with Crippen molar-refractivity contribution in [1.82, 2.24) is 0 Å². The van der Waals surface area contributed by atoms with Crippen molar-refractivity contribution < 1.29 is 15.0 Å². The molecule has 2 aromatic rings. The largest absolute Gasteiger partial charge is 0.507 e. The summed E-state index contributed by atoms with van der Waals surface area (Å²) in [5.41, 5.74) is 1.35. The number of benzene rings is 2. The summed E-state index contributed by atoms with van der Waals surface area (Å²) < 4.78 is 0. The Labute approximate surface area is 118 Å². The number of carboxylic acids is 1. The van der Waals surface area contributed by atoms with Gasteiger partial charge in [-0.3, -0.25) is 0 Å². The van der Waals surface area contributed by atoms with Gasteiger partial charge in [0.2, 0.25) is 0 Å². The zero-order valence-corrected chi connectivity index (χ0v) is 11.0. The van der Waals surface area contributed by atoms with E-state index in [1.54, 1.807) is 12.1 Å². The lowest BCUT2D eigenvalue weighted by Crippen LogP contribution is -2.03. The van der Waals surface area contributed by atoms with Gasteiger partial charge in [-0.15, -0.1) is 0 Å². The molecule has 3 rings (SSSR count). The maximum absolute atomic E-state index is 11.0. The molecular weight excluding hydrogens is 286 g/mol. The van der Waals surface area contributed by atoms with Crippen LogP contribution in [-0.4, -0.2) is 16.2 Å².